The highest BCUT2D eigenvalue weighted by Crippen LogP contribution is 2.47. The maximum atomic E-state index is 12.6. The van der Waals surface area contributed by atoms with E-state index in [0.717, 1.165) is 12.8 Å². The number of hydrogen-bond acceptors (Lipinski definition) is 4. The normalized spacial score (nSPS) is 25.7. The number of benzene rings is 1. The molecule has 1 aliphatic carbocycles. The molecular formula is C19H21NO4. The molecule has 0 saturated heterocycles. The summed E-state index contributed by atoms with van der Waals surface area (Å²) in [7, 11) is 1.36. The summed E-state index contributed by atoms with van der Waals surface area (Å²) in [5.74, 6) is -0.971. The minimum absolute atomic E-state index is 0.0340. The van der Waals surface area contributed by atoms with Crippen LogP contribution < -0.4 is 0 Å². The van der Waals surface area contributed by atoms with Gasteiger partial charge in [-0.2, -0.15) is 0 Å². The average Bonchev–Trinajstić information content (AvgIpc) is 3.11. The smallest absolute Gasteiger partial charge is 0.313 e. The van der Waals surface area contributed by atoms with E-state index in [0.29, 0.717) is 24.0 Å². The lowest BCUT2D eigenvalue weighted by atomic mass is 9.75. The quantitative estimate of drug-likeness (QED) is 0.474. The molecule has 2 amide bonds. The molecular weight excluding hydrogens is 306 g/mol. The van der Waals surface area contributed by atoms with Crippen LogP contribution in [0.1, 0.15) is 46.4 Å². The van der Waals surface area contributed by atoms with Crippen molar-refractivity contribution in [3.8, 4) is 0 Å². The number of fused-ring (bicyclic) bond motifs is 1. The second-order valence-electron chi connectivity index (χ2n) is 6.50. The molecule has 2 atom stereocenters. The van der Waals surface area contributed by atoms with Gasteiger partial charge in [0.05, 0.1) is 23.7 Å². The van der Waals surface area contributed by atoms with Crippen LogP contribution in [-0.2, 0) is 9.53 Å². The van der Waals surface area contributed by atoms with E-state index in [1.807, 2.05) is 0 Å². The van der Waals surface area contributed by atoms with Crippen LogP contribution in [0.5, 0.6) is 0 Å². The van der Waals surface area contributed by atoms with Gasteiger partial charge in [-0.25, -0.2) is 0 Å². The van der Waals surface area contributed by atoms with Crippen LogP contribution in [0.15, 0.2) is 36.9 Å². The van der Waals surface area contributed by atoms with E-state index < -0.39 is 5.41 Å². The van der Waals surface area contributed by atoms with Crippen LogP contribution in [0.25, 0.3) is 0 Å². The number of carbonyl (C=O) groups excluding carboxylic acids is 3. The Morgan fingerprint density at radius 1 is 1.33 bits per heavy atom. The van der Waals surface area contributed by atoms with Gasteiger partial charge in [-0.3, -0.25) is 19.3 Å². The van der Waals surface area contributed by atoms with Gasteiger partial charge < -0.3 is 4.74 Å². The first-order chi connectivity index (χ1) is 11.5. The topological polar surface area (TPSA) is 63.7 Å². The molecule has 1 aromatic carbocycles. The fourth-order valence-corrected chi connectivity index (χ4v) is 4.10. The number of allylic oxidation sites excluding steroid dienone is 1. The van der Waals surface area contributed by atoms with Crippen molar-refractivity contribution in [3.05, 3.63) is 48.0 Å². The molecule has 5 nitrogen and oxygen atoms in total. The van der Waals surface area contributed by atoms with Gasteiger partial charge in [-0.05, 0) is 37.3 Å². The van der Waals surface area contributed by atoms with Crippen LogP contribution in [0.3, 0.4) is 0 Å². The van der Waals surface area contributed by atoms with Gasteiger partial charge in [-0.15, -0.1) is 6.58 Å². The molecule has 0 spiro atoms. The molecule has 0 bridgehead atoms. The zero-order valence-electron chi connectivity index (χ0n) is 13.8. The number of ether oxygens (including phenoxy) is 1. The zero-order valence-corrected chi connectivity index (χ0v) is 13.8. The Morgan fingerprint density at radius 3 is 2.50 bits per heavy atom. The third-order valence-electron chi connectivity index (χ3n) is 5.32. The molecule has 0 radical (unpaired) electrons. The Morgan fingerprint density at radius 2 is 1.96 bits per heavy atom. The zero-order chi connectivity index (χ0) is 17.3. The summed E-state index contributed by atoms with van der Waals surface area (Å²) in [6.45, 7) is 3.84. The van der Waals surface area contributed by atoms with E-state index >= 15 is 0 Å². The third-order valence-corrected chi connectivity index (χ3v) is 5.32. The largest absolute Gasteiger partial charge is 0.469 e. The van der Waals surface area contributed by atoms with E-state index in [1.54, 1.807) is 30.3 Å². The standard InChI is InChI=1S/C19H21NO4/c1-3-7-13-8-6-11-19(13,18(23)24-2)12-20-16(21)14-9-4-5-10-15(14)17(20)22/h3-5,9-10,13H,1,6-8,11-12H2,2H3/t13-,19+/m1/s1. The number of rotatable bonds is 5. The van der Waals surface area contributed by atoms with Crippen molar-refractivity contribution in [3.63, 3.8) is 0 Å². The number of imide groups is 1. The van der Waals surface area contributed by atoms with Crippen molar-refractivity contribution in [2.24, 2.45) is 11.3 Å². The first-order valence-corrected chi connectivity index (χ1v) is 8.19. The van der Waals surface area contributed by atoms with Crippen molar-refractivity contribution in [1.82, 2.24) is 4.90 Å². The van der Waals surface area contributed by atoms with E-state index in [2.05, 4.69) is 6.58 Å². The number of hydrogen-bond donors (Lipinski definition) is 0. The number of nitrogens with zero attached hydrogens (tertiary/aromatic N) is 1. The molecule has 1 aromatic rings. The van der Waals surface area contributed by atoms with Crippen molar-refractivity contribution < 1.29 is 19.1 Å². The first-order valence-electron chi connectivity index (χ1n) is 8.19. The number of esters is 1. The molecule has 126 valence electrons. The molecule has 1 heterocycles. The molecule has 0 aromatic heterocycles. The molecule has 1 saturated carbocycles. The third kappa shape index (κ3) is 2.35. The molecule has 3 rings (SSSR count). The highest BCUT2D eigenvalue weighted by Gasteiger charge is 2.53. The number of amides is 2. The average molecular weight is 327 g/mol. The maximum absolute atomic E-state index is 12.6. The molecule has 24 heavy (non-hydrogen) atoms. The monoisotopic (exact) mass is 327 g/mol. The van der Waals surface area contributed by atoms with Crippen molar-refractivity contribution in [2.45, 2.75) is 25.7 Å². The Balaban J connectivity index is 1.95. The lowest BCUT2D eigenvalue weighted by molar-refractivity contribution is -0.155. The molecule has 2 aliphatic rings. The SMILES string of the molecule is C=CC[C@@H]1CCC[C@@]1(CN1C(=O)c2ccccc2C1=O)C(=O)OC. The number of methoxy groups -OCH3 is 1. The summed E-state index contributed by atoms with van der Waals surface area (Å²) in [5, 5.41) is 0. The van der Waals surface area contributed by atoms with E-state index in [9.17, 15) is 14.4 Å². The van der Waals surface area contributed by atoms with Crippen molar-refractivity contribution >= 4 is 17.8 Å². The predicted octanol–water partition coefficient (Wildman–Crippen LogP) is 2.82. The Hall–Kier alpha value is -2.43. The highest BCUT2D eigenvalue weighted by atomic mass is 16.5. The van der Waals surface area contributed by atoms with Gasteiger partial charge in [0.1, 0.15) is 0 Å². The van der Waals surface area contributed by atoms with Crippen LogP contribution in [0.4, 0.5) is 0 Å². The molecule has 0 N–H and O–H groups in total. The molecule has 1 fully saturated rings. The van der Waals surface area contributed by atoms with Crippen molar-refractivity contribution in [1.29, 1.82) is 0 Å². The van der Waals surface area contributed by atoms with Gasteiger partial charge in [0.15, 0.2) is 0 Å². The summed E-state index contributed by atoms with van der Waals surface area (Å²) in [6, 6.07) is 6.77. The molecule has 1 aliphatic heterocycles. The van der Waals surface area contributed by atoms with E-state index in [1.165, 1.54) is 12.0 Å². The highest BCUT2D eigenvalue weighted by molar-refractivity contribution is 6.21. The second-order valence-corrected chi connectivity index (χ2v) is 6.50. The minimum atomic E-state index is -0.837. The van der Waals surface area contributed by atoms with Crippen molar-refractivity contribution in [2.75, 3.05) is 13.7 Å². The fourth-order valence-electron chi connectivity index (χ4n) is 4.10. The van der Waals surface area contributed by atoms with Gasteiger partial charge in [-0.1, -0.05) is 24.6 Å². The Kier molecular flexibility index (Phi) is 4.26. The first kappa shape index (κ1) is 16.4. The fraction of sp³-hybridized carbons (Fsp3) is 0.421. The minimum Gasteiger partial charge on any atom is -0.469 e. The van der Waals surface area contributed by atoms with E-state index in [4.69, 9.17) is 4.74 Å². The van der Waals surface area contributed by atoms with Crippen LogP contribution in [-0.4, -0.2) is 36.3 Å². The second kappa shape index (κ2) is 6.23. The molecule has 0 unspecified atom stereocenters. The van der Waals surface area contributed by atoms with Gasteiger partial charge in [0.25, 0.3) is 11.8 Å². The summed E-state index contributed by atoms with van der Waals surface area (Å²) in [4.78, 5) is 39.1. The summed E-state index contributed by atoms with van der Waals surface area (Å²) in [5.41, 5.74) is -0.0300. The summed E-state index contributed by atoms with van der Waals surface area (Å²) in [6.07, 6.45) is 4.81. The Bertz CT molecular complexity index is 676. The van der Waals surface area contributed by atoms with Gasteiger partial charge in [0.2, 0.25) is 0 Å². The van der Waals surface area contributed by atoms with Crippen LogP contribution in [0.2, 0.25) is 0 Å². The lowest BCUT2D eigenvalue weighted by Crippen LogP contribution is -2.48. The Labute approximate surface area is 141 Å². The summed E-state index contributed by atoms with van der Waals surface area (Å²) < 4.78 is 5.05. The maximum Gasteiger partial charge on any atom is 0.313 e. The summed E-state index contributed by atoms with van der Waals surface area (Å²) >= 11 is 0. The lowest BCUT2D eigenvalue weighted by Gasteiger charge is -2.35. The van der Waals surface area contributed by atoms with E-state index in [-0.39, 0.29) is 30.2 Å². The van der Waals surface area contributed by atoms with Crippen LogP contribution >= 0.6 is 0 Å². The van der Waals surface area contributed by atoms with Crippen LogP contribution in [0, 0.1) is 11.3 Å². The predicted molar refractivity (Wildman–Crippen MR) is 88.4 cm³/mol. The molecule has 5 heteroatoms. The van der Waals surface area contributed by atoms with Gasteiger partial charge >= 0.3 is 5.97 Å². The van der Waals surface area contributed by atoms with Gasteiger partial charge in [0, 0.05) is 6.54 Å². The number of carbonyl (C=O) groups is 3.